The summed E-state index contributed by atoms with van der Waals surface area (Å²) in [6.07, 6.45) is 1.97. The Labute approximate surface area is 119 Å². The van der Waals surface area contributed by atoms with Crippen LogP contribution in [0.4, 0.5) is 0 Å². The second kappa shape index (κ2) is 5.47. The molecule has 1 aromatic heterocycles. The Hall–Kier alpha value is -2.13. The first-order valence-electron chi connectivity index (χ1n) is 6.93. The maximum atomic E-state index is 4.38. The summed E-state index contributed by atoms with van der Waals surface area (Å²) in [7, 11) is 1.94. The van der Waals surface area contributed by atoms with E-state index in [1.54, 1.807) is 0 Å². The number of fused-ring (bicyclic) bond motifs is 1. The summed E-state index contributed by atoms with van der Waals surface area (Å²) >= 11 is 0. The van der Waals surface area contributed by atoms with Crippen molar-refractivity contribution in [1.82, 2.24) is 15.1 Å². The largest absolute Gasteiger partial charge is 0.304 e. The van der Waals surface area contributed by atoms with Gasteiger partial charge >= 0.3 is 0 Å². The highest BCUT2D eigenvalue weighted by molar-refractivity contribution is 5.83. The molecule has 0 aliphatic carbocycles. The molecule has 0 saturated heterocycles. The van der Waals surface area contributed by atoms with E-state index in [0.717, 1.165) is 12.2 Å². The molecule has 0 radical (unpaired) electrons. The van der Waals surface area contributed by atoms with Gasteiger partial charge in [-0.1, -0.05) is 36.4 Å². The molecular formula is C17H19N3. The molecule has 0 bridgehead atoms. The number of nitrogens with zero attached hydrogens (tertiary/aromatic N) is 2. The van der Waals surface area contributed by atoms with Gasteiger partial charge in [-0.15, -0.1) is 0 Å². The van der Waals surface area contributed by atoms with Crippen LogP contribution in [0, 0.1) is 0 Å². The van der Waals surface area contributed by atoms with Gasteiger partial charge in [-0.05, 0) is 35.4 Å². The van der Waals surface area contributed by atoms with Crippen molar-refractivity contribution in [1.29, 1.82) is 0 Å². The van der Waals surface area contributed by atoms with E-state index < -0.39 is 0 Å². The lowest BCUT2D eigenvalue weighted by Crippen LogP contribution is -2.18. The Balaban J connectivity index is 1.73. The van der Waals surface area contributed by atoms with Gasteiger partial charge in [-0.2, -0.15) is 5.10 Å². The minimum atomic E-state index is 0.307. The number of rotatable bonds is 4. The van der Waals surface area contributed by atoms with E-state index in [0.29, 0.717) is 6.04 Å². The summed E-state index contributed by atoms with van der Waals surface area (Å²) in [5, 5.41) is 10.5. The second-order valence-electron chi connectivity index (χ2n) is 5.19. The summed E-state index contributed by atoms with van der Waals surface area (Å²) < 4.78 is 1.83. The first kappa shape index (κ1) is 12.9. The number of benzene rings is 2. The lowest BCUT2D eigenvalue weighted by Gasteiger charge is -2.14. The van der Waals surface area contributed by atoms with Crippen LogP contribution < -0.4 is 5.32 Å². The molecule has 1 unspecified atom stereocenters. The van der Waals surface area contributed by atoms with Crippen LogP contribution in [0.1, 0.15) is 24.2 Å². The summed E-state index contributed by atoms with van der Waals surface area (Å²) in [6, 6.07) is 17.4. The molecule has 0 aliphatic rings. The molecule has 3 nitrogen and oxygen atoms in total. The molecule has 1 atom stereocenters. The van der Waals surface area contributed by atoms with E-state index in [1.165, 1.54) is 16.3 Å². The van der Waals surface area contributed by atoms with Crippen LogP contribution in [-0.4, -0.2) is 9.78 Å². The van der Waals surface area contributed by atoms with Gasteiger partial charge in [0, 0.05) is 25.8 Å². The zero-order valence-electron chi connectivity index (χ0n) is 11.9. The fourth-order valence-corrected chi connectivity index (χ4v) is 2.41. The number of hydrogen-bond acceptors (Lipinski definition) is 2. The maximum Gasteiger partial charge on any atom is 0.0762 e. The predicted molar refractivity (Wildman–Crippen MR) is 82.4 cm³/mol. The van der Waals surface area contributed by atoms with Crippen molar-refractivity contribution in [2.24, 2.45) is 7.05 Å². The summed E-state index contributed by atoms with van der Waals surface area (Å²) in [5.41, 5.74) is 2.37. The van der Waals surface area contributed by atoms with Gasteiger partial charge in [0.15, 0.2) is 0 Å². The van der Waals surface area contributed by atoms with Gasteiger partial charge < -0.3 is 5.32 Å². The van der Waals surface area contributed by atoms with E-state index in [1.807, 2.05) is 24.0 Å². The van der Waals surface area contributed by atoms with Crippen molar-refractivity contribution in [3.05, 3.63) is 66.0 Å². The van der Waals surface area contributed by atoms with Crippen LogP contribution in [0.5, 0.6) is 0 Å². The van der Waals surface area contributed by atoms with Crippen LogP contribution in [0.3, 0.4) is 0 Å². The fourth-order valence-electron chi connectivity index (χ4n) is 2.41. The van der Waals surface area contributed by atoms with E-state index in [-0.39, 0.29) is 0 Å². The van der Waals surface area contributed by atoms with Crippen LogP contribution in [0.25, 0.3) is 10.8 Å². The summed E-state index contributed by atoms with van der Waals surface area (Å²) in [4.78, 5) is 0. The number of hydrogen-bond donors (Lipinski definition) is 1. The number of nitrogens with one attached hydrogen (secondary N) is 1. The third-order valence-corrected chi connectivity index (χ3v) is 3.63. The minimum Gasteiger partial charge on any atom is -0.304 e. The predicted octanol–water partition coefficient (Wildman–Crippen LogP) is 3.42. The quantitative estimate of drug-likeness (QED) is 0.783. The Morgan fingerprint density at radius 3 is 2.65 bits per heavy atom. The molecule has 102 valence electrons. The van der Waals surface area contributed by atoms with Crippen molar-refractivity contribution in [2.75, 3.05) is 0 Å². The van der Waals surface area contributed by atoms with Gasteiger partial charge in [0.05, 0.1) is 5.69 Å². The molecule has 2 aromatic carbocycles. The van der Waals surface area contributed by atoms with Crippen molar-refractivity contribution in [3.8, 4) is 0 Å². The lowest BCUT2D eigenvalue weighted by molar-refractivity contribution is 0.562. The molecule has 3 aromatic rings. The van der Waals surface area contributed by atoms with Crippen LogP contribution in [0.15, 0.2) is 54.7 Å². The molecule has 0 spiro atoms. The number of aryl methyl sites for hydroxylation is 1. The Morgan fingerprint density at radius 1 is 1.10 bits per heavy atom. The fraction of sp³-hybridized carbons (Fsp3) is 0.235. The highest BCUT2D eigenvalue weighted by Gasteiger charge is 2.06. The maximum absolute atomic E-state index is 4.38. The molecule has 20 heavy (non-hydrogen) atoms. The third-order valence-electron chi connectivity index (χ3n) is 3.63. The normalized spacial score (nSPS) is 12.7. The van der Waals surface area contributed by atoms with Gasteiger partial charge in [0.2, 0.25) is 0 Å². The topological polar surface area (TPSA) is 29.9 Å². The smallest absolute Gasteiger partial charge is 0.0762 e. The van der Waals surface area contributed by atoms with Gasteiger partial charge in [0.25, 0.3) is 0 Å². The highest BCUT2D eigenvalue weighted by Crippen LogP contribution is 2.20. The van der Waals surface area contributed by atoms with Crippen LogP contribution in [0.2, 0.25) is 0 Å². The summed E-state index contributed by atoms with van der Waals surface area (Å²) in [5.74, 6) is 0. The number of aromatic nitrogens is 2. The Morgan fingerprint density at radius 2 is 1.90 bits per heavy atom. The van der Waals surface area contributed by atoms with Gasteiger partial charge in [-0.3, -0.25) is 4.68 Å². The monoisotopic (exact) mass is 265 g/mol. The molecule has 3 rings (SSSR count). The van der Waals surface area contributed by atoms with Gasteiger partial charge in [-0.25, -0.2) is 0 Å². The van der Waals surface area contributed by atoms with Gasteiger partial charge in [0.1, 0.15) is 0 Å². The van der Waals surface area contributed by atoms with E-state index in [4.69, 9.17) is 0 Å². The zero-order valence-corrected chi connectivity index (χ0v) is 11.9. The average molecular weight is 265 g/mol. The zero-order chi connectivity index (χ0) is 13.9. The van der Waals surface area contributed by atoms with E-state index in [9.17, 15) is 0 Å². The molecule has 0 fully saturated rings. The van der Waals surface area contributed by atoms with E-state index in [2.05, 4.69) is 59.8 Å². The first-order chi connectivity index (χ1) is 9.72. The molecule has 0 amide bonds. The van der Waals surface area contributed by atoms with E-state index >= 15 is 0 Å². The van der Waals surface area contributed by atoms with Crippen LogP contribution in [-0.2, 0) is 13.6 Å². The SMILES string of the molecule is CC(NCc1ccn(C)n1)c1ccc2ccccc2c1. The molecule has 3 heteroatoms. The first-order valence-corrected chi connectivity index (χ1v) is 6.93. The molecule has 1 N–H and O–H groups in total. The van der Waals surface area contributed by atoms with Crippen molar-refractivity contribution < 1.29 is 0 Å². The van der Waals surface area contributed by atoms with Crippen molar-refractivity contribution >= 4 is 10.8 Å². The average Bonchev–Trinajstić information content (AvgIpc) is 2.90. The second-order valence-corrected chi connectivity index (χ2v) is 5.19. The highest BCUT2D eigenvalue weighted by atomic mass is 15.3. The Kier molecular flexibility index (Phi) is 3.52. The molecule has 0 aliphatic heterocycles. The van der Waals surface area contributed by atoms with Crippen molar-refractivity contribution in [3.63, 3.8) is 0 Å². The molecule has 1 heterocycles. The van der Waals surface area contributed by atoms with Crippen molar-refractivity contribution in [2.45, 2.75) is 19.5 Å². The molecular weight excluding hydrogens is 246 g/mol. The minimum absolute atomic E-state index is 0.307. The summed E-state index contributed by atoms with van der Waals surface area (Å²) in [6.45, 7) is 2.97. The third kappa shape index (κ3) is 2.73. The standard InChI is InChI=1S/C17H19N3/c1-13(18-12-17-9-10-20(2)19-17)15-8-7-14-5-3-4-6-16(14)11-15/h3-11,13,18H,12H2,1-2H3. The Bertz CT molecular complexity index is 715. The lowest BCUT2D eigenvalue weighted by atomic mass is 10.0. The van der Waals surface area contributed by atoms with Crippen LogP contribution >= 0.6 is 0 Å². The molecule has 0 saturated carbocycles.